The number of fused-ring (bicyclic) bond motifs is 1. The molecule has 1 aliphatic carbocycles. The lowest BCUT2D eigenvalue weighted by Gasteiger charge is -2.41. The molecule has 1 fully saturated rings. The van der Waals surface area contributed by atoms with E-state index >= 15 is 0 Å². The lowest BCUT2D eigenvalue weighted by atomic mass is 9.91. The summed E-state index contributed by atoms with van der Waals surface area (Å²) in [6.45, 7) is 13.3. The lowest BCUT2D eigenvalue weighted by molar-refractivity contribution is -0.128. The maximum Gasteiger partial charge on any atom is 0.336 e. The van der Waals surface area contributed by atoms with Gasteiger partial charge >= 0.3 is 5.97 Å². The number of carbonyl (C=O) groups excluding carboxylic acids is 2. The fourth-order valence-electron chi connectivity index (χ4n) is 5.45. The third-order valence-electron chi connectivity index (χ3n) is 9.60. The minimum absolute atomic E-state index is 0.0119. The minimum atomic E-state index is -2.03. The monoisotopic (exact) mass is 667 g/mol. The number of carboxylic acid groups (broad SMARTS) is 1. The van der Waals surface area contributed by atoms with E-state index in [-0.39, 0.29) is 39.3 Å². The Bertz CT molecular complexity index is 1660. The molecule has 1 N–H and O–H groups in total. The van der Waals surface area contributed by atoms with E-state index in [0.717, 1.165) is 12.8 Å². The highest BCUT2D eigenvalue weighted by Crippen LogP contribution is 2.53. The van der Waals surface area contributed by atoms with Crippen LogP contribution < -0.4 is 0 Å². The number of carbonyl (C=O) groups is 3. The van der Waals surface area contributed by atoms with Crippen LogP contribution in [0.4, 0.5) is 0 Å². The first-order valence-corrected chi connectivity index (χ1v) is 18.7. The van der Waals surface area contributed by atoms with Gasteiger partial charge in [0.2, 0.25) is 0 Å². The molecule has 3 aromatic rings. The zero-order valence-electron chi connectivity index (χ0n) is 26.5. The van der Waals surface area contributed by atoms with Crippen LogP contribution in [0, 0.1) is 5.41 Å². The molecule has 5 rings (SSSR count). The average molecular weight is 669 g/mol. The fraction of sp³-hybridized carbons (Fsp3) is 0.400. The number of ether oxygens (including phenoxy) is 1. The Hall–Kier alpha value is -3.01. The number of halogens is 2. The Kier molecular flexibility index (Phi) is 8.87. The van der Waals surface area contributed by atoms with Crippen LogP contribution in [-0.4, -0.2) is 49.2 Å². The van der Waals surface area contributed by atoms with Crippen LogP contribution in [0.25, 0.3) is 0 Å². The van der Waals surface area contributed by atoms with Crippen molar-refractivity contribution in [1.82, 2.24) is 4.90 Å². The number of hydrogen-bond acceptors (Lipinski definition) is 5. The van der Waals surface area contributed by atoms with Crippen molar-refractivity contribution >= 4 is 49.2 Å². The summed E-state index contributed by atoms with van der Waals surface area (Å²) in [7, 11) is -2.03. The quantitative estimate of drug-likeness (QED) is 0.163. The Labute approximate surface area is 275 Å². The van der Waals surface area contributed by atoms with Gasteiger partial charge in [-0.05, 0) is 73.8 Å². The molecule has 7 nitrogen and oxygen atoms in total. The molecular weight excluding hydrogens is 629 g/mol. The first-order valence-electron chi connectivity index (χ1n) is 15.0. The van der Waals surface area contributed by atoms with E-state index in [0.29, 0.717) is 46.1 Å². The van der Waals surface area contributed by atoms with Crippen LogP contribution in [0.2, 0.25) is 28.2 Å². The molecule has 1 heterocycles. The molecular formula is C35H39Cl2NO6Si. The first-order chi connectivity index (χ1) is 21.0. The minimum Gasteiger partial charge on any atom is -0.478 e. The van der Waals surface area contributed by atoms with Crippen molar-refractivity contribution in [2.24, 2.45) is 5.41 Å². The summed E-state index contributed by atoms with van der Waals surface area (Å²) >= 11 is 12.5. The van der Waals surface area contributed by atoms with E-state index in [1.807, 2.05) is 12.1 Å². The number of nitrogens with zero attached hydrogens (tertiary/aromatic N) is 1. The molecule has 45 heavy (non-hydrogen) atoms. The van der Waals surface area contributed by atoms with E-state index in [4.69, 9.17) is 32.4 Å². The molecule has 1 unspecified atom stereocenters. The molecule has 1 saturated carbocycles. The summed E-state index contributed by atoms with van der Waals surface area (Å²) in [4.78, 5) is 40.6. The third kappa shape index (κ3) is 6.36. The molecule has 0 aromatic heterocycles. The Morgan fingerprint density at radius 1 is 0.956 bits per heavy atom. The van der Waals surface area contributed by atoms with Crippen molar-refractivity contribution in [2.45, 2.75) is 70.9 Å². The predicted molar refractivity (Wildman–Crippen MR) is 178 cm³/mol. The fourth-order valence-corrected chi connectivity index (χ4v) is 6.85. The molecule has 0 saturated heterocycles. The van der Waals surface area contributed by atoms with Crippen LogP contribution in [0.15, 0.2) is 60.7 Å². The van der Waals surface area contributed by atoms with Crippen molar-refractivity contribution in [2.75, 3.05) is 13.2 Å². The van der Waals surface area contributed by atoms with Crippen LogP contribution in [-0.2, 0) is 21.4 Å². The second-order valence-electron chi connectivity index (χ2n) is 13.8. The van der Waals surface area contributed by atoms with Gasteiger partial charge in [0.05, 0.1) is 18.7 Å². The molecule has 1 amide bonds. The zero-order valence-corrected chi connectivity index (χ0v) is 29.0. The van der Waals surface area contributed by atoms with Gasteiger partial charge in [0, 0.05) is 44.3 Å². The van der Waals surface area contributed by atoms with Crippen molar-refractivity contribution in [3.63, 3.8) is 0 Å². The summed E-state index contributed by atoms with van der Waals surface area (Å²) < 4.78 is 13.7. The van der Waals surface area contributed by atoms with Gasteiger partial charge in [-0.2, -0.15) is 0 Å². The standard InChI is InChI=1S/C35H39Cl2NO6Si/c1-22(39)23-8-14-30-29(17-23)31(40)38(19-24-7-11-27(37)18-28(24)32(41)42)35(30,25-9-12-26(36)13-10-25)43-20-34(15-16-34)21-44-45(5,6)33(2,3)4/h7-14,17-18H,15-16,19-21H2,1-6H3,(H,41,42). The van der Waals surface area contributed by atoms with Crippen LogP contribution in [0.1, 0.15) is 88.3 Å². The number of rotatable bonds is 11. The van der Waals surface area contributed by atoms with Gasteiger partial charge < -0.3 is 14.3 Å². The van der Waals surface area contributed by atoms with Gasteiger partial charge in [-0.15, -0.1) is 0 Å². The number of hydrogen-bond donors (Lipinski definition) is 1. The molecule has 3 aromatic carbocycles. The second kappa shape index (κ2) is 12.0. The number of Topliss-reactive ketones (excluding diaryl/α,β-unsaturated/α-hetero) is 1. The third-order valence-corrected chi connectivity index (χ3v) is 14.6. The maximum absolute atomic E-state index is 14.4. The van der Waals surface area contributed by atoms with E-state index in [9.17, 15) is 19.5 Å². The van der Waals surface area contributed by atoms with E-state index in [1.165, 1.54) is 13.0 Å². The van der Waals surface area contributed by atoms with Crippen LogP contribution >= 0.6 is 23.2 Å². The Morgan fingerprint density at radius 2 is 1.60 bits per heavy atom. The number of carboxylic acids is 1. The topological polar surface area (TPSA) is 93.1 Å². The van der Waals surface area contributed by atoms with E-state index < -0.39 is 20.0 Å². The van der Waals surface area contributed by atoms with Gasteiger partial charge in [-0.25, -0.2) is 4.79 Å². The smallest absolute Gasteiger partial charge is 0.336 e. The van der Waals surface area contributed by atoms with Crippen molar-refractivity contribution < 1.29 is 28.7 Å². The normalized spacial score (nSPS) is 19.0. The van der Waals surface area contributed by atoms with Gasteiger partial charge in [0.15, 0.2) is 19.8 Å². The summed E-state index contributed by atoms with van der Waals surface area (Å²) in [5.74, 6) is -1.71. The van der Waals surface area contributed by atoms with Crippen molar-refractivity contribution in [3.05, 3.63) is 104 Å². The molecule has 2 aliphatic rings. The van der Waals surface area contributed by atoms with Crippen LogP contribution in [0.5, 0.6) is 0 Å². The highest BCUT2D eigenvalue weighted by molar-refractivity contribution is 6.74. The lowest BCUT2D eigenvalue weighted by Crippen LogP contribution is -2.48. The summed E-state index contributed by atoms with van der Waals surface area (Å²) in [6.07, 6.45) is 1.84. The van der Waals surface area contributed by atoms with E-state index in [2.05, 4.69) is 33.9 Å². The maximum atomic E-state index is 14.4. The highest BCUT2D eigenvalue weighted by atomic mass is 35.5. The number of amides is 1. The summed E-state index contributed by atoms with van der Waals surface area (Å²) in [5, 5.41) is 10.9. The van der Waals surface area contributed by atoms with E-state index in [1.54, 1.807) is 47.4 Å². The Balaban J connectivity index is 1.63. The summed E-state index contributed by atoms with van der Waals surface area (Å²) in [6, 6.07) is 16.8. The van der Waals surface area contributed by atoms with Crippen LogP contribution in [0.3, 0.4) is 0 Å². The zero-order chi connectivity index (χ0) is 32.9. The number of ketones is 1. The van der Waals surface area contributed by atoms with Gasteiger partial charge in [-0.3, -0.25) is 14.5 Å². The molecule has 10 heteroatoms. The van der Waals surface area contributed by atoms with Gasteiger partial charge in [0.25, 0.3) is 5.91 Å². The largest absolute Gasteiger partial charge is 0.478 e. The molecule has 1 atom stereocenters. The van der Waals surface area contributed by atoms with Gasteiger partial charge in [-0.1, -0.05) is 74.3 Å². The molecule has 238 valence electrons. The second-order valence-corrected chi connectivity index (χ2v) is 19.5. The molecule has 0 bridgehead atoms. The number of aromatic carboxylic acids is 1. The van der Waals surface area contributed by atoms with Crippen molar-refractivity contribution in [1.29, 1.82) is 0 Å². The predicted octanol–water partition coefficient (Wildman–Crippen LogP) is 8.57. The molecule has 0 spiro atoms. The molecule has 0 radical (unpaired) electrons. The number of benzene rings is 3. The van der Waals surface area contributed by atoms with Gasteiger partial charge in [0.1, 0.15) is 0 Å². The first kappa shape index (κ1) is 33.4. The molecule has 1 aliphatic heterocycles. The SMILES string of the molecule is CC(=O)c1ccc2c(c1)C(=O)N(Cc1ccc(Cl)cc1C(=O)O)C2(OCC1(CO[Si](C)(C)C(C)(C)C)CC1)c1ccc(Cl)cc1. The Morgan fingerprint density at radius 3 is 2.18 bits per heavy atom. The highest BCUT2D eigenvalue weighted by Gasteiger charge is 2.55. The average Bonchev–Trinajstić information content (AvgIpc) is 3.71. The summed E-state index contributed by atoms with van der Waals surface area (Å²) in [5.41, 5.74) is 0.672. The van der Waals surface area contributed by atoms with Crippen molar-refractivity contribution in [3.8, 4) is 0 Å².